The van der Waals surface area contributed by atoms with Crippen LogP contribution in [0, 0.1) is 0 Å². The van der Waals surface area contributed by atoms with Gasteiger partial charge in [-0.1, -0.05) is 0 Å². The van der Waals surface area contributed by atoms with E-state index < -0.39 is 0 Å². The fourth-order valence-corrected chi connectivity index (χ4v) is 1.58. The molecule has 0 aliphatic carbocycles. The second-order valence-corrected chi connectivity index (χ2v) is 3.45. The van der Waals surface area contributed by atoms with Crippen molar-refractivity contribution < 1.29 is 0 Å². The molecule has 0 saturated heterocycles. The van der Waals surface area contributed by atoms with Crippen molar-refractivity contribution in [2.24, 2.45) is 0 Å². The Morgan fingerprint density at radius 2 is 1.88 bits per heavy atom. The van der Waals surface area contributed by atoms with Crippen LogP contribution in [0.1, 0.15) is 0 Å². The average Bonchev–Trinajstić information content (AvgIpc) is 2.74. The SMILES string of the molecule is Nc1ccc(-n2ncc3cncnc32)cc1. The number of nitrogens with zero attached hydrogens (tertiary/aromatic N) is 4. The van der Waals surface area contributed by atoms with Gasteiger partial charge in [0.25, 0.3) is 0 Å². The van der Waals surface area contributed by atoms with Gasteiger partial charge in [-0.2, -0.15) is 5.10 Å². The topological polar surface area (TPSA) is 69.6 Å². The van der Waals surface area contributed by atoms with E-state index in [1.807, 2.05) is 24.3 Å². The molecule has 0 saturated carbocycles. The summed E-state index contributed by atoms with van der Waals surface area (Å²) in [5.74, 6) is 0. The van der Waals surface area contributed by atoms with Crippen molar-refractivity contribution in [3.8, 4) is 5.69 Å². The Kier molecular flexibility index (Phi) is 1.83. The predicted octanol–water partition coefficient (Wildman–Crippen LogP) is 1.40. The normalized spacial score (nSPS) is 10.8. The standard InChI is InChI=1S/C11H9N5/c12-9-1-3-10(4-2-9)16-11-8(6-15-16)5-13-7-14-11/h1-7H,12H2. The molecule has 2 N–H and O–H groups in total. The van der Waals surface area contributed by atoms with Gasteiger partial charge in [0.1, 0.15) is 6.33 Å². The highest BCUT2D eigenvalue weighted by Crippen LogP contribution is 2.15. The van der Waals surface area contributed by atoms with E-state index in [0.717, 1.165) is 22.4 Å². The Balaban J connectivity index is 2.22. The fraction of sp³-hybridized carbons (Fsp3) is 0. The highest BCUT2D eigenvalue weighted by Gasteiger charge is 2.04. The molecule has 5 nitrogen and oxygen atoms in total. The monoisotopic (exact) mass is 211 g/mol. The van der Waals surface area contributed by atoms with Crippen LogP contribution in [0.4, 0.5) is 5.69 Å². The van der Waals surface area contributed by atoms with E-state index in [1.54, 1.807) is 17.1 Å². The first-order chi connectivity index (χ1) is 7.84. The Hall–Kier alpha value is -2.43. The van der Waals surface area contributed by atoms with E-state index in [-0.39, 0.29) is 0 Å². The molecule has 0 spiro atoms. The summed E-state index contributed by atoms with van der Waals surface area (Å²) in [6.07, 6.45) is 4.99. The summed E-state index contributed by atoms with van der Waals surface area (Å²) in [5.41, 5.74) is 8.09. The lowest BCUT2D eigenvalue weighted by atomic mass is 10.3. The molecule has 0 unspecified atom stereocenters. The molecule has 0 aliphatic rings. The van der Waals surface area contributed by atoms with Gasteiger partial charge in [-0.15, -0.1) is 0 Å². The summed E-state index contributed by atoms with van der Waals surface area (Å²) < 4.78 is 1.76. The smallest absolute Gasteiger partial charge is 0.166 e. The molecule has 1 aromatic carbocycles. The minimum Gasteiger partial charge on any atom is -0.399 e. The molecule has 78 valence electrons. The average molecular weight is 211 g/mol. The first-order valence-corrected chi connectivity index (χ1v) is 4.84. The number of rotatable bonds is 1. The second-order valence-electron chi connectivity index (χ2n) is 3.45. The molecule has 0 fully saturated rings. The van der Waals surface area contributed by atoms with Gasteiger partial charge in [0.15, 0.2) is 5.65 Å². The Morgan fingerprint density at radius 1 is 1.06 bits per heavy atom. The maximum Gasteiger partial charge on any atom is 0.166 e. The van der Waals surface area contributed by atoms with Crippen molar-refractivity contribution in [2.75, 3.05) is 5.73 Å². The van der Waals surface area contributed by atoms with E-state index in [1.165, 1.54) is 6.33 Å². The lowest BCUT2D eigenvalue weighted by Crippen LogP contribution is -1.97. The van der Waals surface area contributed by atoms with Gasteiger partial charge in [-0.25, -0.2) is 14.6 Å². The van der Waals surface area contributed by atoms with Crippen LogP contribution in [-0.4, -0.2) is 19.7 Å². The first-order valence-electron chi connectivity index (χ1n) is 4.84. The molecule has 3 aromatic rings. The summed E-state index contributed by atoms with van der Waals surface area (Å²) in [7, 11) is 0. The fourth-order valence-electron chi connectivity index (χ4n) is 1.58. The van der Waals surface area contributed by atoms with Crippen LogP contribution >= 0.6 is 0 Å². The zero-order valence-corrected chi connectivity index (χ0v) is 8.41. The minimum atomic E-state index is 0.731. The number of hydrogen-bond acceptors (Lipinski definition) is 4. The van der Waals surface area contributed by atoms with Crippen molar-refractivity contribution in [1.29, 1.82) is 0 Å². The van der Waals surface area contributed by atoms with E-state index in [0.29, 0.717) is 0 Å². The second kappa shape index (κ2) is 3.30. The molecule has 2 heterocycles. The summed E-state index contributed by atoms with van der Waals surface area (Å²) in [6, 6.07) is 7.49. The van der Waals surface area contributed by atoms with Gasteiger partial charge in [-0.05, 0) is 24.3 Å². The van der Waals surface area contributed by atoms with Crippen LogP contribution in [0.3, 0.4) is 0 Å². The maximum absolute atomic E-state index is 5.64. The molecule has 5 heteroatoms. The number of hydrogen-bond donors (Lipinski definition) is 1. The van der Waals surface area contributed by atoms with Crippen molar-refractivity contribution in [3.63, 3.8) is 0 Å². The van der Waals surface area contributed by atoms with E-state index in [9.17, 15) is 0 Å². The van der Waals surface area contributed by atoms with Crippen molar-refractivity contribution >= 4 is 16.7 Å². The third kappa shape index (κ3) is 1.30. The molecule has 0 aliphatic heterocycles. The molecular formula is C11H9N5. The zero-order valence-electron chi connectivity index (χ0n) is 8.41. The van der Waals surface area contributed by atoms with Gasteiger partial charge < -0.3 is 5.73 Å². The van der Waals surface area contributed by atoms with Crippen molar-refractivity contribution in [2.45, 2.75) is 0 Å². The molecule has 2 aromatic heterocycles. The lowest BCUT2D eigenvalue weighted by molar-refractivity contribution is 0.895. The van der Waals surface area contributed by atoms with Gasteiger partial charge in [0.05, 0.1) is 17.3 Å². The summed E-state index contributed by atoms with van der Waals surface area (Å²) >= 11 is 0. The number of benzene rings is 1. The summed E-state index contributed by atoms with van der Waals surface area (Å²) in [4.78, 5) is 8.15. The maximum atomic E-state index is 5.64. The molecule has 0 amide bonds. The third-order valence-corrected chi connectivity index (χ3v) is 2.37. The van der Waals surface area contributed by atoms with E-state index >= 15 is 0 Å². The number of fused-ring (bicyclic) bond motifs is 1. The lowest BCUT2D eigenvalue weighted by Gasteiger charge is -2.02. The van der Waals surface area contributed by atoms with Crippen LogP contribution in [0.15, 0.2) is 43.0 Å². The van der Waals surface area contributed by atoms with Crippen LogP contribution in [0.2, 0.25) is 0 Å². The molecule has 0 radical (unpaired) electrons. The highest BCUT2D eigenvalue weighted by molar-refractivity contribution is 5.74. The van der Waals surface area contributed by atoms with E-state index in [2.05, 4.69) is 15.1 Å². The summed E-state index contributed by atoms with van der Waals surface area (Å²) in [6.45, 7) is 0. The number of nitrogen functional groups attached to an aromatic ring is 1. The Bertz CT molecular complexity index is 626. The van der Waals surface area contributed by atoms with Gasteiger partial charge in [0, 0.05) is 11.9 Å². The minimum absolute atomic E-state index is 0.731. The van der Waals surface area contributed by atoms with Crippen LogP contribution < -0.4 is 5.73 Å². The zero-order chi connectivity index (χ0) is 11.0. The first kappa shape index (κ1) is 8.84. The third-order valence-electron chi connectivity index (χ3n) is 2.37. The molecule has 0 atom stereocenters. The van der Waals surface area contributed by atoms with Crippen LogP contribution in [0.25, 0.3) is 16.7 Å². The van der Waals surface area contributed by atoms with Gasteiger partial charge in [-0.3, -0.25) is 0 Å². The largest absolute Gasteiger partial charge is 0.399 e. The number of aromatic nitrogens is 4. The Morgan fingerprint density at radius 3 is 2.69 bits per heavy atom. The molecular weight excluding hydrogens is 202 g/mol. The van der Waals surface area contributed by atoms with Gasteiger partial charge in [0.2, 0.25) is 0 Å². The van der Waals surface area contributed by atoms with Gasteiger partial charge >= 0.3 is 0 Å². The summed E-state index contributed by atoms with van der Waals surface area (Å²) in [5, 5.41) is 5.18. The number of nitrogens with two attached hydrogens (primary N) is 1. The predicted molar refractivity (Wildman–Crippen MR) is 61.1 cm³/mol. The van der Waals surface area contributed by atoms with Crippen molar-refractivity contribution in [1.82, 2.24) is 19.7 Å². The molecule has 3 rings (SSSR count). The van der Waals surface area contributed by atoms with Crippen LogP contribution in [-0.2, 0) is 0 Å². The van der Waals surface area contributed by atoms with Crippen molar-refractivity contribution in [3.05, 3.63) is 43.0 Å². The highest BCUT2D eigenvalue weighted by atomic mass is 15.3. The van der Waals surface area contributed by atoms with E-state index in [4.69, 9.17) is 5.73 Å². The Labute approximate surface area is 91.6 Å². The number of anilines is 1. The molecule has 0 bridgehead atoms. The van der Waals surface area contributed by atoms with Crippen LogP contribution in [0.5, 0.6) is 0 Å². The molecule has 16 heavy (non-hydrogen) atoms. The quantitative estimate of drug-likeness (QED) is 0.617.